The fourth-order valence-corrected chi connectivity index (χ4v) is 1.75. The van der Waals surface area contributed by atoms with Crippen molar-refractivity contribution in [1.82, 2.24) is 5.32 Å². The minimum atomic E-state index is -1.15. The van der Waals surface area contributed by atoms with Gasteiger partial charge in [-0.3, -0.25) is 0 Å². The van der Waals surface area contributed by atoms with E-state index in [4.69, 9.17) is 10.4 Å². The van der Waals surface area contributed by atoms with Crippen molar-refractivity contribution in [3.05, 3.63) is 29.6 Å². The van der Waals surface area contributed by atoms with Crippen LogP contribution in [0.1, 0.15) is 25.8 Å². The Hall–Kier alpha value is -2.62. The molecule has 0 saturated heterocycles. The molecule has 0 bridgehead atoms. The molecule has 0 radical (unpaired) electrons. The smallest absolute Gasteiger partial charge is 0.326 e. The van der Waals surface area contributed by atoms with Crippen molar-refractivity contribution < 1.29 is 19.1 Å². The Balaban J connectivity index is 2.80. The third-order valence-corrected chi connectivity index (χ3v) is 2.68. The number of nitrogens with one attached hydrogen (secondary N) is 2. The molecule has 1 aromatic carbocycles. The van der Waals surface area contributed by atoms with E-state index in [9.17, 15) is 14.0 Å². The largest absolute Gasteiger partial charge is 0.480 e. The fourth-order valence-electron chi connectivity index (χ4n) is 1.75. The molecule has 0 aromatic heterocycles. The van der Waals surface area contributed by atoms with Crippen LogP contribution in [-0.2, 0) is 4.79 Å². The van der Waals surface area contributed by atoms with Crippen LogP contribution in [0.15, 0.2) is 18.2 Å². The Bertz CT molecular complexity index is 581. The number of nitrogens with zero attached hydrogens (tertiary/aromatic N) is 1. The molecular weight excluding hydrogens is 277 g/mol. The number of aliphatic carboxylic acids is 1. The van der Waals surface area contributed by atoms with Crippen molar-refractivity contribution in [3.63, 3.8) is 0 Å². The zero-order valence-corrected chi connectivity index (χ0v) is 11.7. The van der Waals surface area contributed by atoms with Gasteiger partial charge >= 0.3 is 12.0 Å². The van der Waals surface area contributed by atoms with Gasteiger partial charge in [0, 0.05) is 0 Å². The first-order chi connectivity index (χ1) is 9.85. The maximum absolute atomic E-state index is 13.4. The van der Waals surface area contributed by atoms with Crippen molar-refractivity contribution in [2.75, 3.05) is 5.32 Å². The summed E-state index contributed by atoms with van der Waals surface area (Å²) in [7, 11) is 0. The molecule has 3 N–H and O–H groups in total. The molecule has 2 amide bonds. The van der Waals surface area contributed by atoms with Gasteiger partial charge < -0.3 is 15.7 Å². The van der Waals surface area contributed by atoms with Crippen LogP contribution >= 0.6 is 0 Å². The predicted molar refractivity (Wildman–Crippen MR) is 74.1 cm³/mol. The number of hydrogen-bond donors (Lipinski definition) is 3. The second-order valence-corrected chi connectivity index (χ2v) is 4.89. The summed E-state index contributed by atoms with van der Waals surface area (Å²) in [6, 6.07) is 3.59. The van der Waals surface area contributed by atoms with E-state index in [-0.39, 0.29) is 23.6 Å². The number of urea groups is 1. The number of carboxylic acid groups (broad SMARTS) is 1. The molecule has 6 nitrogen and oxygen atoms in total. The second-order valence-electron chi connectivity index (χ2n) is 4.89. The van der Waals surface area contributed by atoms with Gasteiger partial charge in [-0.1, -0.05) is 19.9 Å². The number of anilines is 1. The van der Waals surface area contributed by atoms with Crippen LogP contribution in [-0.4, -0.2) is 23.1 Å². The molecular formula is C14H16FN3O3. The fraction of sp³-hybridized carbons (Fsp3) is 0.357. The van der Waals surface area contributed by atoms with Crippen LogP contribution in [0.25, 0.3) is 0 Å². The summed E-state index contributed by atoms with van der Waals surface area (Å²) in [5.41, 5.74) is -0.313. The topological polar surface area (TPSA) is 102 Å². The lowest BCUT2D eigenvalue weighted by Gasteiger charge is -2.17. The number of hydrogen-bond acceptors (Lipinski definition) is 3. The summed E-state index contributed by atoms with van der Waals surface area (Å²) in [4.78, 5) is 22.8. The molecule has 0 aliphatic carbocycles. The number of nitriles is 1. The molecule has 0 aliphatic heterocycles. The number of carbonyl (C=O) groups excluding carboxylic acids is 1. The molecule has 7 heteroatoms. The van der Waals surface area contributed by atoms with Crippen molar-refractivity contribution in [3.8, 4) is 6.07 Å². The molecule has 1 atom stereocenters. The van der Waals surface area contributed by atoms with E-state index in [1.165, 1.54) is 12.1 Å². The zero-order valence-electron chi connectivity index (χ0n) is 11.7. The van der Waals surface area contributed by atoms with E-state index in [2.05, 4.69) is 10.6 Å². The molecule has 0 spiro atoms. The van der Waals surface area contributed by atoms with Crippen LogP contribution in [0, 0.1) is 23.1 Å². The first-order valence-electron chi connectivity index (χ1n) is 6.34. The lowest BCUT2D eigenvalue weighted by molar-refractivity contribution is -0.139. The number of carbonyl (C=O) groups is 2. The number of rotatable bonds is 5. The highest BCUT2D eigenvalue weighted by molar-refractivity contribution is 5.93. The molecule has 1 rings (SSSR count). The molecule has 0 heterocycles. The van der Waals surface area contributed by atoms with Crippen LogP contribution in [0.4, 0.5) is 14.9 Å². The van der Waals surface area contributed by atoms with E-state index in [0.717, 1.165) is 6.07 Å². The van der Waals surface area contributed by atoms with Gasteiger partial charge in [0.1, 0.15) is 23.5 Å². The summed E-state index contributed by atoms with van der Waals surface area (Å²) in [6.45, 7) is 3.66. The summed E-state index contributed by atoms with van der Waals surface area (Å²) in [5.74, 6) is -1.83. The standard InChI is InChI=1S/C14H16FN3O3/c1-8(2)6-12(13(19)20)18-14(21)17-11-5-3-4-10(15)9(11)7-16/h3-5,8,12H,6H2,1-2H3,(H,19,20)(H2,17,18,21)/t12-/m0/s1. The minimum Gasteiger partial charge on any atom is -0.480 e. The number of carboxylic acids is 1. The third kappa shape index (κ3) is 4.76. The zero-order chi connectivity index (χ0) is 16.0. The highest BCUT2D eigenvalue weighted by atomic mass is 19.1. The Labute approximate surface area is 121 Å². The first-order valence-corrected chi connectivity index (χ1v) is 6.34. The normalized spacial score (nSPS) is 11.6. The Morgan fingerprint density at radius 1 is 1.43 bits per heavy atom. The highest BCUT2D eigenvalue weighted by Gasteiger charge is 2.21. The van der Waals surface area contributed by atoms with E-state index >= 15 is 0 Å². The number of halogens is 1. The van der Waals surface area contributed by atoms with Crippen molar-refractivity contribution >= 4 is 17.7 Å². The monoisotopic (exact) mass is 293 g/mol. The van der Waals surface area contributed by atoms with Gasteiger partial charge in [0.2, 0.25) is 0 Å². The van der Waals surface area contributed by atoms with E-state index in [1.54, 1.807) is 6.07 Å². The van der Waals surface area contributed by atoms with Crippen LogP contribution < -0.4 is 10.6 Å². The SMILES string of the molecule is CC(C)C[C@H](NC(=O)Nc1cccc(F)c1C#N)C(=O)O. The second kappa shape index (κ2) is 7.24. The highest BCUT2D eigenvalue weighted by Crippen LogP contribution is 2.17. The van der Waals surface area contributed by atoms with Crippen LogP contribution in [0.3, 0.4) is 0 Å². The quantitative estimate of drug-likeness (QED) is 0.775. The van der Waals surface area contributed by atoms with E-state index in [1.807, 2.05) is 13.8 Å². The average Bonchev–Trinajstić information content (AvgIpc) is 2.37. The van der Waals surface area contributed by atoms with Gasteiger partial charge in [-0.25, -0.2) is 14.0 Å². The lowest BCUT2D eigenvalue weighted by atomic mass is 10.0. The van der Waals surface area contributed by atoms with Crippen molar-refractivity contribution in [1.29, 1.82) is 5.26 Å². The molecule has 1 aromatic rings. The van der Waals surface area contributed by atoms with Gasteiger partial charge in [-0.15, -0.1) is 0 Å². The summed E-state index contributed by atoms with van der Waals surface area (Å²) < 4.78 is 13.4. The van der Waals surface area contributed by atoms with E-state index < -0.39 is 23.9 Å². The summed E-state index contributed by atoms with van der Waals surface area (Å²) in [6.07, 6.45) is 0.261. The summed E-state index contributed by atoms with van der Waals surface area (Å²) in [5, 5.41) is 22.4. The van der Waals surface area contributed by atoms with Crippen LogP contribution in [0.2, 0.25) is 0 Å². The maximum Gasteiger partial charge on any atom is 0.326 e. The van der Waals surface area contributed by atoms with Gasteiger partial charge in [0.05, 0.1) is 5.69 Å². The molecule has 0 saturated carbocycles. The lowest BCUT2D eigenvalue weighted by Crippen LogP contribution is -2.43. The minimum absolute atomic E-state index is 0.0105. The average molecular weight is 293 g/mol. The van der Waals surface area contributed by atoms with Gasteiger partial charge in [0.25, 0.3) is 0 Å². The molecule has 0 aliphatic rings. The first kappa shape index (κ1) is 16.4. The molecule has 21 heavy (non-hydrogen) atoms. The van der Waals surface area contributed by atoms with Crippen molar-refractivity contribution in [2.24, 2.45) is 5.92 Å². The summed E-state index contributed by atoms with van der Waals surface area (Å²) >= 11 is 0. The predicted octanol–water partition coefficient (Wildman–Crippen LogP) is 2.32. The Morgan fingerprint density at radius 3 is 2.62 bits per heavy atom. The molecule has 0 fully saturated rings. The number of amides is 2. The van der Waals surface area contributed by atoms with Gasteiger partial charge in [-0.2, -0.15) is 5.26 Å². The van der Waals surface area contributed by atoms with Gasteiger partial charge in [-0.05, 0) is 24.5 Å². The number of benzene rings is 1. The molecule has 112 valence electrons. The van der Waals surface area contributed by atoms with Gasteiger partial charge in [0.15, 0.2) is 0 Å². The Kier molecular flexibility index (Phi) is 5.67. The van der Waals surface area contributed by atoms with Crippen LogP contribution in [0.5, 0.6) is 0 Å². The van der Waals surface area contributed by atoms with Crippen molar-refractivity contribution in [2.45, 2.75) is 26.3 Å². The maximum atomic E-state index is 13.4. The van der Waals surface area contributed by atoms with E-state index in [0.29, 0.717) is 0 Å². The molecule has 0 unspecified atom stereocenters. The Morgan fingerprint density at radius 2 is 2.10 bits per heavy atom. The third-order valence-electron chi connectivity index (χ3n) is 2.68.